The van der Waals surface area contributed by atoms with Crippen molar-refractivity contribution >= 4 is 21.5 Å². The number of ether oxygens (including phenoxy) is 2. The van der Waals surface area contributed by atoms with Gasteiger partial charge in [0.2, 0.25) is 0 Å². The lowest BCUT2D eigenvalue weighted by Gasteiger charge is -2.34. The molecule has 0 amide bonds. The molecule has 1 aromatic rings. The summed E-state index contributed by atoms with van der Waals surface area (Å²) in [6.07, 6.45) is 1.19. The monoisotopic (exact) mass is 313 g/mol. The Morgan fingerprint density at radius 2 is 2.05 bits per heavy atom. The molecule has 116 valence electrons. The number of hydrogen-bond donors (Lipinski definition) is 0. The molecule has 1 aromatic carbocycles. The van der Waals surface area contributed by atoms with Gasteiger partial charge in [-0.3, -0.25) is 4.79 Å². The average molecular weight is 313 g/mol. The fourth-order valence-corrected chi connectivity index (χ4v) is 2.88. The zero-order valence-electron chi connectivity index (χ0n) is 12.1. The minimum Gasteiger partial charge on any atom is -0.469 e. The van der Waals surface area contributed by atoms with Crippen molar-refractivity contribution in [3.8, 4) is 0 Å². The standard InChI is InChI=1S/C14H19NO5S/c1-19-14(16)9-12-10-15(7-8-20-12)11-3-5-13(6-4-11)21(2,17)18/h3-6,12H,7-10H2,1-2H3. The molecule has 2 rings (SSSR count). The van der Waals surface area contributed by atoms with Gasteiger partial charge in [-0.15, -0.1) is 0 Å². The average Bonchev–Trinajstić information content (AvgIpc) is 2.46. The number of carbonyl (C=O) groups excluding carboxylic acids is 1. The van der Waals surface area contributed by atoms with E-state index in [9.17, 15) is 13.2 Å². The third-order valence-corrected chi connectivity index (χ3v) is 4.52. The third kappa shape index (κ3) is 4.18. The summed E-state index contributed by atoms with van der Waals surface area (Å²) in [6, 6.07) is 6.73. The fraction of sp³-hybridized carbons (Fsp3) is 0.500. The van der Waals surface area contributed by atoms with Gasteiger partial charge in [0.1, 0.15) is 0 Å². The number of esters is 1. The Kier molecular flexibility index (Phi) is 4.84. The molecule has 1 fully saturated rings. The van der Waals surface area contributed by atoms with Crippen LogP contribution in [0.5, 0.6) is 0 Å². The summed E-state index contributed by atoms with van der Waals surface area (Å²) in [7, 11) is -1.83. The van der Waals surface area contributed by atoms with Crippen LogP contribution in [0.2, 0.25) is 0 Å². The van der Waals surface area contributed by atoms with Crippen molar-refractivity contribution in [1.82, 2.24) is 0 Å². The molecular weight excluding hydrogens is 294 g/mol. The van der Waals surface area contributed by atoms with Crippen LogP contribution in [0.25, 0.3) is 0 Å². The largest absolute Gasteiger partial charge is 0.469 e. The quantitative estimate of drug-likeness (QED) is 0.768. The number of hydrogen-bond acceptors (Lipinski definition) is 6. The van der Waals surface area contributed by atoms with E-state index in [-0.39, 0.29) is 18.5 Å². The van der Waals surface area contributed by atoms with E-state index in [1.165, 1.54) is 13.4 Å². The maximum atomic E-state index is 11.4. The molecule has 0 spiro atoms. The number of anilines is 1. The summed E-state index contributed by atoms with van der Waals surface area (Å²) in [5.74, 6) is -0.297. The van der Waals surface area contributed by atoms with Gasteiger partial charge in [-0.1, -0.05) is 0 Å². The van der Waals surface area contributed by atoms with Crippen molar-refractivity contribution < 1.29 is 22.7 Å². The van der Waals surface area contributed by atoms with Gasteiger partial charge in [-0.05, 0) is 24.3 Å². The molecule has 21 heavy (non-hydrogen) atoms. The van der Waals surface area contributed by atoms with Crippen LogP contribution in [-0.2, 0) is 24.1 Å². The number of rotatable bonds is 4. The van der Waals surface area contributed by atoms with Gasteiger partial charge in [0, 0.05) is 25.0 Å². The number of benzene rings is 1. The lowest BCUT2D eigenvalue weighted by atomic mass is 10.2. The molecule has 0 N–H and O–H groups in total. The van der Waals surface area contributed by atoms with E-state index in [0.29, 0.717) is 24.6 Å². The normalized spacial score (nSPS) is 19.3. The molecule has 6 nitrogen and oxygen atoms in total. The van der Waals surface area contributed by atoms with Gasteiger partial charge in [-0.25, -0.2) is 8.42 Å². The molecule has 1 aliphatic heterocycles. The number of morpholine rings is 1. The molecule has 1 unspecified atom stereocenters. The van der Waals surface area contributed by atoms with E-state index in [4.69, 9.17) is 4.74 Å². The summed E-state index contributed by atoms with van der Waals surface area (Å²) in [5, 5.41) is 0. The molecule has 0 bridgehead atoms. The zero-order chi connectivity index (χ0) is 15.5. The highest BCUT2D eigenvalue weighted by Gasteiger charge is 2.23. The summed E-state index contributed by atoms with van der Waals surface area (Å²) in [5.41, 5.74) is 0.917. The molecule has 1 aliphatic rings. The predicted molar refractivity (Wildman–Crippen MR) is 78.1 cm³/mol. The lowest BCUT2D eigenvalue weighted by molar-refractivity contribution is -0.144. The topological polar surface area (TPSA) is 72.9 Å². The van der Waals surface area contributed by atoms with E-state index in [1.807, 2.05) is 0 Å². The Labute approximate surface area is 124 Å². The molecule has 1 atom stereocenters. The maximum absolute atomic E-state index is 11.4. The second-order valence-electron chi connectivity index (χ2n) is 4.99. The minimum absolute atomic E-state index is 0.208. The Morgan fingerprint density at radius 3 is 2.62 bits per heavy atom. The van der Waals surface area contributed by atoms with Gasteiger partial charge in [0.25, 0.3) is 0 Å². The first-order valence-corrected chi connectivity index (χ1v) is 8.53. The summed E-state index contributed by atoms with van der Waals surface area (Å²) in [6.45, 7) is 1.80. The highest BCUT2D eigenvalue weighted by molar-refractivity contribution is 7.90. The Bertz CT molecular complexity index is 596. The van der Waals surface area contributed by atoms with E-state index in [0.717, 1.165) is 5.69 Å². The van der Waals surface area contributed by atoms with E-state index >= 15 is 0 Å². The van der Waals surface area contributed by atoms with Crippen molar-refractivity contribution in [2.24, 2.45) is 0 Å². The van der Waals surface area contributed by atoms with Crippen molar-refractivity contribution in [3.05, 3.63) is 24.3 Å². The first-order chi connectivity index (χ1) is 9.90. The van der Waals surface area contributed by atoms with Crippen LogP contribution in [0.15, 0.2) is 29.2 Å². The molecule has 0 radical (unpaired) electrons. The number of nitrogens with zero attached hydrogens (tertiary/aromatic N) is 1. The highest BCUT2D eigenvalue weighted by atomic mass is 32.2. The van der Waals surface area contributed by atoms with Crippen LogP contribution in [0, 0.1) is 0 Å². The van der Waals surface area contributed by atoms with Crippen LogP contribution < -0.4 is 4.90 Å². The van der Waals surface area contributed by atoms with E-state index in [1.54, 1.807) is 24.3 Å². The van der Waals surface area contributed by atoms with Crippen molar-refractivity contribution in [2.45, 2.75) is 17.4 Å². The second kappa shape index (κ2) is 6.44. The molecular formula is C14H19NO5S. The maximum Gasteiger partial charge on any atom is 0.308 e. The minimum atomic E-state index is -3.18. The van der Waals surface area contributed by atoms with Gasteiger partial charge < -0.3 is 14.4 Å². The van der Waals surface area contributed by atoms with Crippen LogP contribution in [-0.4, -0.2) is 53.6 Å². The highest BCUT2D eigenvalue weighted by Crippen LogP contribution is 2.21. The summed E-state index contributed by atoms with van der Waals surface area (Å²) < 4.78 is 33.1. The molecule has 0 saturated carbocycles. The lowest BCUT2D eigenvalue weighted by Crippen LogP contribution is -2.43. The van der Waals surface area contributed by atoms with Crippen LogP contribution in [0.4, 0.5) is 5.69 Å². The van der Waals surface area contributed by atoms with Crippen LogP contribution in [0.3, 0.4) is 0 Å². The van der Waals surface area contributed by atoms with Crippen molar-refractivity contribution in [1.29, 1.82) is 0 Å². The van der Waals surface area contributed by atoms with E-state index in [2.05, 4.69) is 9.64 Å². The second-order valence-corrected chi connectivity index (χ2v) is 7.00. The first-order valence-electron chi connectivity index (χ1n) is 6.63. The van der Waals surface area contributed by atoms with Gasteiger partial charge in [0.15, 0.2) is 9.84 Å². The summed E-state index contributed by atoms with van der Waals surface area (Å²) in [4.78, 5) is 13.7. The molecule has 0 aromatic heterocycles. The van der Waals surface area contributed by atoms with Crippen LogP contribution >= 0.6 is 0 Å². The zero-order valence-corrected chi connectivity index (χ0v) is 12.9. The Balaban J connectivity index is 2.06. The summed E-state index contributed by atoms with van der Waals surface area (Å²) >= 11 is 0. The smallest absolute Gasteiger partial charge is 0.308 e. The first kappa shape index (κ1) is 15.8. The van der Waals surface area contributed by atoms with Gasteiger partial charge >= 0.3 is 5.97 Å². The van der Waals surface area contributed by atoms with Gasteiger partial charge in [-0.2, -0.15) is 0 Å². The Morgan fingerprint density at radius 1 is 1.38 bits per heavy atom. The number of methoxy groups -OCH3 is 1. The SMILES string of the molecule is COC(=O)CC1CN(c2ccc(S(C)(=O)=O)cc2)CCO1. The number of sulfone groups is 1. The van der Waals surface area contributed by atoms with Crippen molar-refractivity contribution in [3.63, 3.8) is 0 Å². The molecule has 7 heteroatoms. The van der Waals surface area contributed by atoms with E-state index < -0.39 is 9.84 Å². The number of carbonyl (C=O) groups is 1. The van der Waals surface area contributed by atoms with Crippen molar-refractivity contribution in [2.75, 3.05) is 38.0 Å². The Hall–Kier alpha value is -1.60. The molecule has 0 aliphatic carbocycles. The third-order valence-electron chi connectivity index (χ3n) is 3.39. The fourth-order valence-electron chi connectivity index (χ4n) is 2.25. The molecule has 1 heterocycles. The predicted octanol–water partition coefficient (Wildman–Crippen LogP) is 0.858. The van der Waals surface area contributed by atoms with Crippen LogP contribution in [0.1, 0.15) is 6.42 Å². The molecule has 1 saturated heterocycles. The van der Waals surface area contributed by atoms with Gasteiger partial charge in [0.05, 0.1) is 31.1 Å².